The second kappa shape index (κ2) is 3.74. The maximum atomic E-state index is 11.0. The highest BCUT2D eigenvalue weighted by atomic mass is 35.5. The Hall–Kier alpha value is -0.340. The van der Waals surface area contributed by atoms with E-state index in [-0.39, 0.29) is 5.78 Å². The van der Waals surface area contributed by atoms with Crippen molar-refractivity contribution in [2.24, 2.45) is 0 Å². The van der Waals surface area contributed by atoms with Crippen LogP contribution in [0.5, 0.6) is 0 Å². The molecule has 0 aliphatic rings. The van der Waals surface area contributed by atoms with E-state index >= 15 is 0 Å². The number of hydrogen-bond donors (Lipinski definition) is 0. The van der Waals surface area contributed by atoms with E-state index in [1.165, 1.54) is 11.3 Å². The predicted molar refractivity (Wildman–Crippen MR) is 44.0 cm³/mol. The number of carbonyl (C=O) groups excluding carboxylic acids is 1. The molecule has 10 heavy (non-hydrogen) atoms. The van der Waals surface area contributed by atoms with Gasteiger partial charge in [0.1, 0.15) is 0 Å². The van der Waals surface area contributed by atoms with E-state index in [4.69, 9.17) is 11.6 Å². The number of halogens is 1. The van der Waals surface area contributed by atoms with Crippen molar-refractivity contribution < 1.29 is 4.79 Å². The topological polar surface area (TPSA) is 17.1 Å². The molecule has 1 aromatic rings. The predicted octanol–water partition coefficient (Wildman–Crippen LogP) is 2.56. The van der Waals surface area contributed by atoms with E-state index in [0.717, 1.165) is 5.56 Å². The number of carbonyl (C=O) groups is 1. The van der Waals surface area contributed by atoms with Gasteiger partial charge in [-0.2, -0.15) is 11.3 Å². The second-order valence-electron chi connectivity index (χ2n) is 1.87. The van der Waals surface area contributed by atoms with Crippen molar-refractivity contribution in [3.8, 4) is 0 Å². The van der Waals surface area contributed by atoms with E-state index in [9.17, 15) is 4.79 Å². The van der Waals surface area contributed by atoms with Gasteiger partial charge in [-0.3, -0.25) is 4.79 Å². The molecule has 1 nitrogen and oxygen atoms in total. The summed E-state index contributed by atoms with van der Waals surface area (Å²) in [5, 5.41) is 3.73. The molecular formula is C7H7ClOS. The van der Waals surface area contributed by atoms with Gasteiger partial charge in [0.05, 0.1) is 0 Å². The van der Waals surface area contributed by atoms with Gasteiger partial charge in [0.15, 0.2) is 5.78 Å². The zero-order valence-electron chi connectivity index (χ0n) is 5.34. The molecular weight excluding hydrogens is 168 g/mol. The van der Waals surface area contributed by atoms with Gasteiger partial charge in [-0.1, -0.05) is 0 Å². The fourth-order valence-corrected chi connectivity index (χ4v) is 1.49. The Morgan fingerprint density at radius 2 is 2.50 bits per heavy atom. The van der Waals surface area contributed by atoms with Crippen LogP contribution in [0, 0.1) is 0 Å². The van der Waals surface area contributed by atoms with Gasteiger partial charge >= 0.3 is 0 Å². The zero-order valence-corrected chi connectivity index (χ0v) is 6.91. The van der Waals surface area contributed by atoms with Crippen LogP contribution >= 0.6 is 22.9 Å². The third-order valence-electron chi connectivity index (χ3n) is 1.16. The van der Waals surface area contributed by atoms with E-state index in [0.29, 0.717) is 12.3 Å². The highest BCUT2D eigenvalue weighted by molar-refractivity contribution is 7.08. The Balaban J connectivity index is 2.59. The third kappa shape index (κ3) is 1.82. The largest absolute Gasteiger partial charge is 0.294 e. The van der Waals surface area contributed by atoms with Crippen LogP contribution in [0.4, 0.5) is 0 Å². The molecule has 1 rings (SSSR count). The number of alkyl halides is 1. The summed E-state index contributed by atoms with van der Waals surface area (Å²) in [5.74, 6) is 0.547. The maximum absolute atomic E-state index is 11.0. The van der Waals surface area contributed by atoms with Gasteiger partial charge in [0.2, 0.25) is 0 Å². The summed E-state index contributed by atoms with van der Waals surface area (Å²) in [4.78, 5) is 11.0. The van der Waals surface area contributed by atoms with Crippen molar-refractivity contribution in [2.75, 3.05) is 5.88 Å². The van der Waals surface area contributed by atoms with Crippen molar-refractivity contribution >= 4 is 28.7 Å². The number of ketones is 1. The Morgan fingerprint density at radius 1 is 1.70 bits per heavy atom. The van der Waals surface area contributed by atoms with E-state index in [1.54, 1.807) is 0 Å². The molecule has 1 aromatic heterocycles. The number of Topliss-reactive ketones (excluding diaryl/α,β-unsaturated/α-hetero) is 1. The Labute approximate surface area is 68.6 Å². The second-order valence-corrected chi connectivity index (χ2v) is 3.03. The molecule has 3 heteroatoms. The van der Waals surface area contributed by atoms with Crippen LogP contribution in [0.2, 0.25) is 0 Å². The number of rotatable bonds is 3. The highest BCUT2D eigenvalue weighted by Crippen LogP contribution is 2.08. The summed E-state index contributed by atoms with van der Waals surface area (Å²) in [6.45, 7) is 0. The zero-order chi connectivity index (χ0) is 7.40. The van der Waals surface area contributed by atoms with Gasteiger partial charge in [0.25, 0.3) is 0 Å². The van der Waals surface area contributed by atoms with Crippen LogP contribution in [-0.4, -0.2) is 11.7 Å². The summed E-state index contributed by atoms with van der Waals surface area (Å²) in [7, 11) is 0. The van der Waals surface area contributed by atoms with Gasteiger partial charge in [-0.25, -0.2) is 0 Å². The van der Waals surface area contributed by atoms with E-state index in [1.807, 2.05) is 16.8 Å². The first-order valence-electron chi connectivity index (χ1n) is 2.96. The Bertz CT molecular complexity index is 205. The molecule has 0 amide bonds. The smallest absolute Gasteiger partial charge is 0.164 e. The third-order valence-corrected chi connectivity index (χ3v) is 2.04. The van der Waals surface area contributed by atoms with Crippen molar-refractivity contribution in [3.05, 3.63) is 22.4 Å². The molecule has 0 unspecified atom stereocenters. The lowest BCUT2D eigenvalue weighted by Gasteiger charge is -1.90. The van der Waals surface area contributed by atoms with Crippen LogP contribution in [0.25, 0.3) is 0 Å². The first-order valence-corrected chi connectivity index (χ1v) is 4.43. The molecule has 0 aliphatic carbocycles. The van der Waals surface area contributed by atoms with Crippen LogP contribution < -0.4 is 0 Å². The molecule has 0 aromatic carbocycles. The minimum Gasteiger partial charge on any atom is -0.294 e. The fourth-order valence-electron chi connectivity index (χ4n) is 0.653. The van der Waals surface area contributed by atoms with Gasteiger partial charge in [-0.05, 0) is 11.4 Å². The van der Waals surface area contributed by atoms with Gasteiger partial charge < -0.3 is 0 Å². The molecule has 0 saturated heterocycles. The van der Waals surface area contributed by atoms with Crippen molar-refractivity contribution in [3.63, 3.8) is 0 Å². The first kappa shape index (κ1) is 7.76. The number of thiophene rings is 1. The van der Waals surface area contributed by atoms with Crippen molar-refractivity contribution in [1.82, 2.24) is 0 Å². The molecule has 0 radical (unpaired) electrons. The monoisotopic (exact) mass is 174 g/mol. The van der Waals surface area contributed by atoms with E-state index < -0.39 is 0 Å². The summed E-state index contributed by atoms with van der Waals surface area (Å²) < 4.78 is 0. The lowest BCUT2D eigenvalue weighted by Crippen LogP contribution is -1.96. The minimum atomic E-state index is 0.135. The minimum absolute atomic E-state index is 0.135. The highest BCUT2D eigenvalue weighted by Gasteiger charge is 2.03. The summed E-state index contributed by atoms with van der Waals surface area (Å²) in [5.41, 5.74) is 0.783. The summed E-state index contributed by atoms with van der Waals surface area (Å²) in [6.07, 6.45) is 0.443. The Morgan fingerprint density at radius 3 is 3.00 bits per heavy atom. The molecule has 54 valence electrons. The average molecular weight is 175 g/mol. The molecule has 0 N–H and O–H groups in total. The molecule has 1 heterocycles. The lowest BCUT2D eigenvalue weighted by molar-refractivity contribution is 0.0989. The Kier molecular flexibility index (Phi) is 2.90. The molecule has 0 atom stereocenters. The summed E-state index contributed by atoms with van der Waals surface area (Å²) >= 11 is 6.93. The van der Waals surface area contributed by atoms with Crippen LogP contribution in [0.15, 0.2) is 16.8 Å². The summed E-state index contributed by atoms with van der Waals surface area (Å²) in [6, 6.07) is 1.82. The number of hydrogen-bond acceptors (Lipinski definition) is 2. The maximum Gasteiger partial charge on any atom is 0.164 e. The molecule has 0 spiro atoms. The first-order chi connectivity index (χ1) is 4.84. The standard InChI is InChI=1S/C7H7ClOS/c8-3-1-7(9)6-2-4-10-5-6/h2,4-5H,1,3H2. The van der Waals surface area contributed by atoms with Crippen LogP contribution in [-0.2, 0) is 0 Å². The SMILES string of the molecule is O=C(CCCl)c1ccsc1. The van der Waals surface area contributed by atoms with Crippen molar-refractivity contribution in [2.45, 2.75) is 6.42 Å². The van der Waals surface area contributed by atoms with Gasteiger partial charge in [-0.15, -0.1) is 11.6 Å². The lowest BCUT2D eigenvalue weighted by atomic mass is 10.2. The van der Waals surface area contributed by atoms with Crippen molar-refractivity contribution in [1.29, 1.82) is 0 Å². The molecule has 0 saturated carbocycles. The van der Waals surface area contributed by atoms with Gasteiger partial charge in [0, 0.05) is 23.2 Å². The molecule has 0 bridgehead atoms. The van der Waals surface area contributed by atoms with E-state index in [2.05, 4.69) is 0 Å². The van der Waals surface area contributed by atoms with Crippen LogP contribution in [0.3, 0.4) is 0 Å². The molecule has 0 aliphatic heterocycles. The average Bonchev–Trinajstić information content (AvgIpc) is 2.38. The molecule has 0 fully saturated rings. The fraction of sp³-hybridized carbons (Fsp3) is 0.286. The van der Waals surface area contributed by atoms with Crippen LogP contribution in [0.1, 0.15) is 16.8 Å². The quantitative estimate of drug-likeness (QED) is 0.509. The normalized spacial score (nSPS) is 9.70.